The number of morpholine rings is 1. The van der Waals surface area contributed by atoms with Crippen LogP contribution in [0.2, 0.25) is 0 Å². The summed E-state index contributed by atoms with van der Waals surface area (Å²) in [6.45, 7) is 16.7. The fraction of sp³-hybridized carbons (Fsp3) is 0.708. The molecule has 2 unspecified atom stereocenters. The highest BCUT2D eigenvalue weighted by Gasteiger charge is 2.23. The first kappa shape index (κ1) is 24.6. The molecule has 1 aromatic rings. The highest BCUT2D eigenvalue weighted by Crippen LogP contribution is 2.22. The average Bonchev–Trinajstić information content (AvgIpc) is 2.77. The number of nitrogens with zero attached hydrogens (tertiary/aromatic N) is 3. The van der Waals surface area contributed by atoms with Crippen LogP contribution in [0.4, 0.5) is 0 Å². The normalized spacial score (nSPS) is 17.7. The largest absolute Gasteiger partial charge is 0.379 e. The maximum Gasteiger partial charge on any atom is 0.191 e. The summed E-state index contributed by atoms with van der Waals surface area (Å²) < 4.78 is 5.58. The van der Waals surface area contributed by atoms with Crippen molar-refractivity contribution in [3.63, 3.8) is 0 Å². The van der Waals surface area contributed by atoms with Gasteiger partial charge in [-0.1, -0.05) is 43.7 Å². The van der Waals surface area contributed by atoms with Crippen LogP contribution in [0.25, 0.3) is 0 Å². The van der Waals surface area contributed by atoms with Crippen LogP contribution in [0.1, 0.15) is 50.8 Å². The summed E-state index contributed by atoms with van der Waals surface area (Å²) in [5, 5.41) is 7.16. The second-order valence-corrected chi connectivity index (χ2v) is 8.25. The molecule has 30 heavy (non-hydrogen) atoms. The minimum atomic E-state index is 0.310. The maximum absolute atomic E-state index is 5.58. The summed E-state index contributed by atoms with van der Waals surface area (Å²) in [6, 6.07) is 9.56. The predicted molar refractivity (Wildman–Crippen MR) is 127 cm³/mol. The fourth-order valence-corrected chi connectivity index (χ4v) is 4.08. The van der Waals surface area contributed by atoms with Crippen molar-refractivity contribution in [2.75, 3.05) is 59.5 Å². The van der Waals surface area contributed by atoms with E-state index in [2.05, 4.69) is 77.4 Å². The molecule has 2 N–H and O–H groups in total. The molecule has 2 atom stereocenters. The number of aliphatic imine (C=N–C) groups is 1. The number of nitrogens with one attached hydrogen (secondary N) is 2. The van der Waals surface area contributed by atoms with Gasteiger partial charge in [0.15, 0.2) is 5.96 Å². The van der Waals surface area contributed by atoms with Gasteiger partial charge in [-0.05, 0) is 51.9 Å². The highest BCUT2D eigenvalue weighted by atomic mass is 16.5. The van der Waals surface area contributed by atoms with E-state index >= 15 is 0 Å². The van der Waals surface area contributed by atoms with Gasteiger partial charge in [0.25, 0.3) is 0 Å². The molecule has 1 saturated heterocycles. The van der Waals surface area contributed by atoms with Crippen LogP contribution in [-0.4, -0.2) is 81.3 Å². The van der Waals surface area contributed by atoms with E-state index in [1.807, 2.05) is 7.05 Å². The van der Waals surface area contributed by atoms with E-state index in [0.29, 0.717) is 12.1 Å². The van der Waals surface area contributed by atoms with E-state index in [9.17, 15) is 0 Å². The van der Waals surface area contributed by atoms with Crippen LogP contribution in [0.5, 0.6) is 0 Å². The Kier molecular flexibility index (Phi) is 11.2. The van der Waals surface area contributed by atoms with Gasteiger partial charge >= 0.3 is 0 Å². The van der Waals surface area contributed by atoms with Crippen molar-refractivity contribution in [2.45, 2.75) is 52.6 Å². The van der Waals surface area contributed by atoms with Crippen molar-refractivity contribution in [1.82, 2.24) is 20.4 Å². The van der Waals surface area contributed by atoms with Crippen molar-refractivity contribution < 1.29 is 4.74 Å². The van der Waals surface area contributed by atoms with Gasteiger partial charge in [0.1, 0.15) is 0 Å². The first-order chi connectivity index (χ1) is 14.6. The highest BCUT2D eigenvalue weighted by molar-refractivity contribution is 5.79. The average molecular weight is 418 g/mol. The zero-order valence-corrected chi connectivity index (χ0v) is 19.8. The molecule has 1 aliphatic rings. The van der Waals surface area contributed by atoms with Gasteiger partial charge in [-0.2, -0.15) is 0 Å². The lowest BCUT2D eigenvalue weighted by Gasteiger charge is -2.35. The Hall–Kier alpha value is -1.63. The van der Waals surface area contributed by atoms with E-state index < -0.39 is 0 Å². The summed E-state index contributed by atoms with van der Waals surface area (Å²) >= 11 is 0. The molecular formula is C24H43N5O. The number of hydrogen-bond acceptors (Lipinski definition) is 4. The lowest BCUT2D eigenvalue weighted by Crippen LogP contribution is -2.48. The molecule has 1 heterocycles. The first-order valence-electron chi connectivity index (χ1n) is 11.6. The topological polar surface area (TPSA) is 52.1 Å². The summed E-state index contributed by atoms with van der Waals surface area (Å²) in [5.74, 6) is 0.885. The molecule has 0 aliphatic carbocycles. The van der Waals surface area contributed by atoms with Crippen LogP contribution in [0.3, 0.4) is 0 Å². The van der Waals surface area contributed by atoms with Gasteiger partial charge in [0, 0.05) is 32.7 Å². The molecule has 0 spiro atoms. The first-order valence-corrected chi connectivity index (χ1v) is 11.6. The van der Waals surface area contributed by atoms with Crippen LogP contribution in [0.15, 0.2) is 29.3 Å². The summed E-state index contributed by atoms with van der Waals surface area (Å²) in [4.78, 5) is 9.47. The lowest BCUT2D eigenvalue weighted by molar-refractivity contribution is 0.0170. The minimum absolute atomic E-state index is 0.310. The van der Waals surface area contributed by atoms with Gasteiger partial charge in [0.2, 0.25) is 0 Å². The van der Waals surface area contributed by atoms with Crippen LogP contribution >= 0.6 is 0 Å². The predicted octanol–water partition coefficient (Wildman–Crippen LogP) is 3.04. The lowest BCUT2D eigenvalue weighted by atomic mass is 10.0. The van der Waals surface area contributed by atoms with Crippen molar-refractivity contribution in [3.8, 4) is 0 Å². The molecule has 0 saturated carbocycles. The quantitative estimate of drug-likeness (QED) is 0.428. The number of guanidine groups is 1. The standard InChI is InChI=1S/C24H43N5O/c1-6-28(7-2)13-9-11-21(4)27-24(25-5)26-19-23(29-14-16-30-17-15-29)22-12-8-10-20(3)18-22/h8,10,12,18,21,23H,6-7,9,11,13-17,19H2,1-5H3,(H2,25,26,27). The van der Waals surface area contributed by atoms with Crippen molar-refractivity contribution >= 4 is 5.96 Å². The second kappa shape index (κ2) is 13.6. The molecule has 0 radical (unpaired) electrons. The van der Waals surface area contributed by atoms with Gasteiger partial charge in [-0.25, -0.2) is 0 Å². The monoisotopic (exact) mass is 417 g/mol. The molecule has 0 aromatic heterocycles. The smallest absolute Gasteiger partial charge is 0.191 e. The van der Waals surface area contributed by atoms with Crippen molar-refractivity contribution in [1.29, 1.82) is 0 Å². The van der Waals surface area contributed by atoms with Gasteiger partial charge in [-0.3, -0.25) is 9.89 Å². The third kappa shape index (κ3) is 8.25. The van der Waals surface area contributed by atoms with Crippen LogP contribution < -0.4 is 10.6 Å². The Morgan fingerprint density at radius 2 is 1.97 bits per heavy atom. The van der Waals surface area contributed by atoms with Gasteiger partial charge in [0.05, 0.1) is 19.3 Å². The number of aryl methyl sites for hydroxylation is 1. The number of hydrogen-bond donors (Lipinski definition) is 2. The third-order valence-corrected chi connectivity index (χ3v) is 5.99. The Morgan fingerprint density at radius 1 is 1.23 bits per heavy atom. The second-order valence-electron chi connectivity index (χ2n) is 8.25. The van der Waals surface area contributed by atoms with Gasteiger partial charge < -0.3 is 20.3 Å². The molecule has 170 valence electrons. The summed E-state index contributed by atoms with van der Waals surface area (Å²) in [7, 11) is 1.86. The van der Waals surface area contributed by atoms with Crippen molar-refractivity contribution in [3.05, 3.63) is 35.4 Å². The summed E-state index contributed by atoms with van der Waals surface area (Å²) in [6.07, 6.45) is 2.34. The molecule has 1 aromatic carbocycles. The Labute approximate surface area is 184 Å². The van der Waals surface area contributed by atoms with E-state index in [4.69, 9.17) is 4.74 Å². The van der Waals surface area contributed by atoms with Gasteiger partial charge in [-0.15, -0.1) is 0 Å². The molecule has 2 rings (SSSR count). The fourth-order valence-electron chi connectivity index (χ4n) is 4.08. The van der Waals surface area contributed by atoms with E-state index in [1.54, 1.807) is 0 Å². The summed E-state index contributed by atoms with van der Waals surface area (Å²) in [5.41, 5.74) is 2.65. The number of rotatable bonds is 11. The Bertz CT molecular complexity index is 626. The molecular weight excluding hydrogens is 374 g/mol. The molecule has 1 aliphatic heterocycles. The van der Waals surface area contributed by atoms with Crippen LogP contribution in [0, 0.1) is 6.92 Å². The zero-order valence-electron chi connectivity index (χ0n) is 19.8. The van der Waals surface area contributed by atoms with E-state index in [0.717, 1.165) is 64.9 Å². The van der Waals surface area contributed by atoms with E-state index in [1.165, 1.54) is 17.5 Å². The van der Waals surface area contributed by atoms with Crippen LogP contribution in [-0.2, 0) is 4.74 Å². The Balaban J connectivity index is 1.90. The third-order valence-electron chi connectivity index (χ3n) is 5.99. The minimum Gasteiger partial charge on any atom is -0.379 e. The molecule has 1 fully saturated rings. The number of ether oxygens (including phenoxy) is 1. The Morgan fingerprint density at radius 3 is 2.60 bits per heavy atom. The van der Waals surface area contributed by atoms with E-state index in [-0.39, 0.29) is 0 Å². The number of benzene rings is 1. The van der Waals surface area contributed by atoms with Crippen molar-refractivity contribution in [2.24, 2.45) is 4.99 Å². The molecule has 6 heteroatoms. The molecule has 6 nitrogen and oxygen atoms in total. The molecule has 0 amide bonds. The molecule has 0 bridgehead atoms. The zero-order chi connectivity index (χ0) is 21.8. The SMILES string of the molecule is CCN(CC)CCCC(C)NC(=NC)NCC(c1cccc(C)c1)N1CCOCC1. The maximum atomic E-state index is 5.58.